The molecular formula is C27H37FN6O2. The molecule has 0 bridgehead atoms. The van der Waals surface area contributed by atoms with Crippen LogP contribution in [0.1, 0.15) is 45.4 Å². The van der Waals surface area contributed by atoms with E-state index in [1.165, 1.54) is 6.20 Å². The van der Waals surface area contributed by atoms with Gasteiger partial charge in [0, 0.05) is 68.5 Å². The molecule has 0 radical (unpaired) electrons. The van der Waals surface area contributed by atoms with Crippen molar-refractivity contribution >= 4 is 11.5 Å². The molecule has 3 N–H and O–H groups in total. The summed E-state index contributed by atoms with van der Waals surface area (Å²) in [7, 11) is 1.73. The molecule has 2 fully saturated rings. The molecule has 4 rings (SSSR count). The Hall–Kier alpha value is -2.80. The minimum Gasteiger partial charge on any atom is -0.383 e. The van der Waals surface area contributed by atoms with Gasteiger partial charge in [-0.3, -0.25) is 4.98 Å². The summed E-state index contributed by atoms with van der Waals surface area (Å²) < 4.78 is 25.4. The standard InChI is InChI=1S/C27H37FN6O2/c1-19(16-35-2)33-21-3-5-22(6-4-21)34-26-12-24(25(28)15-31-26)20-11-23(14-30-13-20)32-18-27(17-29)7-9-36-10-8-27/h11-15,19,21-22,32-33H,3-10,16,18H2,1-2H3,(H,31,34). The Bertz CT molecular complexity index is 1030. The highest BCUT2D eigenvalue weighted by atomic mass is 19.1. The zero-order valence-electron chi connectivity index (χ0n) is 21.2. The summed E-state index contributed by atoms with van der Waals surface area (Å²) in [6.45, 7) is 4.54. The predicted molar refractivity (Wildman–Crippen MR) is 138 cm³/mol. The maximum Gasteiger partial charge on any atom is 0.149 e. The van der Waals surface area contributed by atoms with Crippen LogP contribution in [0.5, 0.6) is 0 Å². The first-order chi connectivity index (χ1) is 17.5. The van der Waals surface area contributed by atoms with Crippen LogP contribution in [0, 0.1) is 22.6 Å². The molecule has 0 spiro atoms. The second-order valence-electron chi connectivity index (χ2n) is 10.1. The number of nitriles is 1. The molecule has 2 aromatic heterocycles. The molecule has 1 saturated carbocycles. The third kappa shape index (κ3) is 6.90. The smallest absolute Gasteiger partial charge is 0.149 e. The van der Waals surface area contributed by atoms with Gasteiger partial charge in [0.15, 0.2) is 0 Å². The van der Waals surface area contributed by atoms with Crippen LogP contribution < -0.4 is 16.0 Å². The molecule has 1 unspecified atom stereocenters. The summed E-state index contributed by atoms with van der Waals surface area (Å²) in [5.41, 5.74) is 1.42. The van der Waals surface area contributed by atoms with Crippen molar-refractivity contribution in [1.29, 1.82) is 5.26 Å². The van der Waals surface area contributed by atoms with Crippen molar-refractivity contribution in [3.63, 3.8) is 0 Å². The lowest BCUT2D eigenvalue weighted by Crippen LogP contribution is -2.42. The lowest BCUT2D eigenvalue weighted by molar-refractivity contribution is 0.0456. The molecular weight excluding hydrogens is 459 g/mol. The molecule has 2 aliphatic rings. The second kappa shape index (κ2) is 12.4. The number of nitrogens with zero attached hydrogens (tertiary/aromatic N) is 3. The second-order valence-corrected chi connectivity index (χ2v) is 10.1. The molecule has 1 aliphatic carbocycles. The number of methoxy groups -OCH3 is 1. The van der Waals surface area contributed by atoms with Gasteiger partial charge in [-0.15, -0.1) is 0 Å². The van der Waals surface area contributed by atoms with Gasteiger partial charge in [0.1, 0.15) is 11.6 Å². The van der Waals surface area contributed by atoms with Crippen LogP contribution in [0.3, 0.4) is 0 Å². The maximum atomic E-state index is 14.8. The van der Waals surface area contributed by atoms with Crippen molar-refractivity contribution in [3.8, 4) is 17.2 Å². The Balaban J connectivity index is 1.37. The average molecular weight is 497 g/mol. The SMILES string of the molecule is COCC(C)NC1CCC(Nc2cc(-c3cncc(NCC4(C#N)CCOCC4)c3)c(F)cn2)CC1. The highest BCUT2D eigenvalue weighted by Gasteiger charge is 2.32. The topological polar surface area (TPSA) is 104 Å². The Labute approximate surface area is 213 Å². The monoisotopic (exact) mass is 496 g/mol. The van der Waals surface area contributed by atoms with Gasteiger partial charge in [-0.25, -0.2) is 9.37 Å². The number of hydrogen-bond acceptors (Lipinski definition) is 8. The predicted octanol–water partition coefficient (Wildman–Crippen LogP) is 4.36. The fraction of sp³-hybridized carbons (Fsp3) is 0.593. The fourth-order valence-corrected chi connectivity index (χ4v) is 5.10. The van der Waals surface area contributed by atoms with Crippen LogP contribution in [0.25, 0.3) is 11.1 Å². The van der Waals surface area contributed by atoms with Gasteiger partial charge >= 0.3 is 0 Å². The van der Waals surface area contributed by atoms with Gasteiger partial charge in [0.05, 0.1) is 30.0 Å². The lowest BCUT2D eigenvalue weighted by atomic mass is 9.81. The van der Waals surface area contributed by atoms with Crippen molar-refractivity contribution in [1.82, 2.24) is 15.3 Å². The average Bonchev–Trinajstić information content (AvgIpc) is 2.90. The van der Waals surface area contributed by atoms with Gasteiger partial charge < -0.3 is 25.4 Å². The minimum atomic E-state index is -0.455. The van der Waals surface area contributed by atoms with E-state index < -0.39 is 11.2 Å². The Morgan fingerprint density at radius 1 is 1.17 bits per heavy atom. The van der Waals surface area contributed by atoms with Crippen LogP contribution >= 0.6 is 0 Å². The number of rotatable bonds is 10. The van der Waals surface area contributed by atoms with Gasteiger partial charge in [0.2, 0.25) is 0 Å². The Morgan fingerprint density at radius 2 is 1.92 bits per heavy atom. The summed E-state index contributed by atoms with van der Waals surface area (Å²) in [6.07, 6.45) is 10.2. The van der Waals surface area contributed by atoms with E-state index in [4.69, 9.17) is 9.47 Å². The zero-order valence-corrected chi connectivity index (χ0v) is 21.2. The molecule has 0 amide bonds. The minimum absolute atomic E-state index is 0.305. The van der Waals surface area contributed by atoms with E-state index in [1.807, 2.05) is 6.07 Å². The number of aromatic nitrogens is 2. The van der Waals surface area contributed by atoms with Gasteiger partial charge in [-0.2, -0.15) is 5.26 Å². The number of ether oxygens (including phenoxy) is 2. The van der Waals surface area contributed by atoms with E-state index in [0.29, 0.717) is 74.3 Å². The molecule has 1 atom stereocenters. The quantitative estimate of drug-likeness (QED) is 0.446. The van der Waals surface area contributed by atoms with Gasteiger partial charge in [-0.1, -0.05) is 0 Å². The van der Waals surface area contributed by atoms with E-state index in [2.05, 4.69) is 38.9 Å². The lowest BCUT2D eigenvalue weighted by Gasteiger charge is -2.32. The molecule has 9 heteroatoms. The maximum absolute atomic E-state index is 14.8. The van der Waals surface area contributed by atoms with Crippen LogP contribution in [0.4, 0.5) is 15.9 Å². The Kier molecular flexibility index (Phi) is 9.08. The van der Waals surface area contributed by atoms with E-state index in [1.54, 1.807) is 25.6 Å². The molecule has 0 aromatic carbocycles. The number of nitrogens with one attached hydrogen (secondary N) is 3. The highest BCUT2D eigenvalue weighted by molar-refractivity contribution is 5.69. The normalized spacial score (nSPS) is 22.4. The van der Waals surface area contributed by atoms with Crippen LogP contribution in [-0.4, -0.2) is 61.6 Å². The van der Waals surface area contributed by atoms with E-state index in [-0.39, 0.29) is 0 Å². The van der Waals surface area contributed by atoms with E-state index in [9.17, 15) is 9.65 Å². The highest BCUT2D eigenvalue weighted by Crippen LogP contribution is 2.31. The van der Waals surface area contributed by atoms with Crippen molar-refractivity contribution in [2.75, 3.05) is 44.1 Å². The first-order valence-corrected chi connectivity index (χ1v) is 12.9. The van der Waals surface area contributed by atoms with Crippen molar-refractivity contribution in [3.05, 3.63) is 36.5 Å². The van der Waals surface area contributed by atoms with Crippen LogP contribution in [-0.2, 0) is 9.47 Å². The van der Waals surface area contributed by atoms with Crippen molar-refractivity contribution in [2.24, 2.45) is 5.41 Å². The third-order valence-corrected chi connectivity index (χ3v) is 7.24. The summed E-state index contributed by atoms with van der Waals surface area (Å²) in [6, 6.07) is 7.23. The largest absolute Gasteiger partial charge is 0.383 e. The fourth-order valence-electron chi connectivity index (χ4n) is 5.10. The molecule has 3 heterocycles. The molecule has 1 aliphatic heterocycles. The molecule has 194 valence electrons. The summed E-state index contributed by atoms with van der Waals surface area (Å²) in [5.74, 6) is 0.275. The molecule has 1 saturated heterocycles. The molecule has 36 heavy (non-hydrogen) atoms. The summed E-state index contributed by atoms with van der Waals surface area (Å²) in [4.78, 5) is 8.60. The summed E-state index contributed by atoms with van der Waals surface area (Å²) >= 11 is 0. The summed E-state index contributed by atoms with van der Waals surface area (Å²) in [5, 5.41) is 20.2. The van der Waals surface area contributed by atoms with Crippen molar-refractivity contribution < 1.29 is 13.9 Å². The first kappa shape index (κ1) is 26.3. The number of hydrogen-bond donors (Lipinski definition) is 3. The van der Waals surface area contributed by atoms with Crippen molar-refractivity contribution in [2.45, 2.75) is 63.6 Å². The van der Waals surface area contributed by atoms with Gasteiger partial charge in [0.25, 0.3) is 0 Å². The first-order valence-electron chi connectivity index (χ1n) is 12.9. The van der Waals surface area contributed by atoms with E-state index >= 15 is 0 Å². The van der Waals surface area contributed by atoms with Crippen LogP contribution in [0.2, 0.25) is 0 Å². The molecule has 2 aromatic rings. The number of pyridine rings is 2. The van der Waals surface area contributed by atoms with E-state index in [0.717, 1.165) is 31.4 Å². The Morgan fingerprint density at radius 3 is 2.64 bits per heavy atom. The molecule has 8 nitrogen and oxygen atoms in total. The third-order valence-electron chi connectivity index (χ3n) is 7.24. The van der Waals surface area contributed by atoms with Crippen LogP contribution in [0.15, 0.2) is 30.7 Å². The van der Waals surface area contributed by atoms with Gasteiger partial charge in [-0.05, 0) is 57.6 Å². The number of halogens is 1. The zero-order chi connectivity index (χ0) is 25.4. The number of anilines is 2.